The molecule has 0 aliphatic heterocycles. The second-order valence-corrected chi connectivity index (χ2v) is 4.01. The number of aromatic nitrogens is 1. The highest BCUT2D eigenvalue weighted by Crippen LogP contribution is 2.16. The molecule has 2 rings (SSSR count). The van der Waals surface area contributed by atoms with Crippen molar-refractivity contribution in [3.63, 3.8) is 0 Å². The van der Waals surface area contributed by atoms with Gasteiger partial charge >= 0.3 is 0 Å². The van der Waals surface area contributed by atoms with Crippen molar-refractivity contribution in [2.24, 2.45) is 0 Å². The predicted octanol–water partition coefficient (Wildman–Crippen LogP) is 2.01. The van der Waals surface area contributed by atoms with Crippen LogP contribution < -0.4 is 5.32 Å². The van der Waals surface area contributed by atoms with Gasteiger partial charge in [0.15, 0.2) is 0 Å². The summed E-state index contributed by atoms with van der Waals surface area (Å²) in [4.78, 5) is 4.28. The number of methoxy groups -OCH3 is 1. The van der Waals surface area contributed by atoms with E-state index in [4.69, 9.17) is 4.74 Å². The van der Waals surface area contributed by atoms with E-state index in [1.54, 1.807) is 7.11 Å². The summed E-state index contributed by atoms with van der Waals surface area (Å²) in [6.45, 7) is 2.61. The minimum atomic E-state index is 0.758. The number of rotatable bonds is 6. The summed E-state index contributed by atoms with van der Waals surface area (Å²) >= 11 is 0. The Bertz CT molecular complexity index is 465. The van der Waals surface area contributed by atoms with Crippen LogP contribution in [-0.2, 0) is 11.2 Å². The number of hydrogen-bond donors (Lipinski definition) is 1. The third-order valence-electron chi connectivity index (χ3n) is 2.80. The van der Waals surface area contributed by atoms with Crippen molar-refractivity contribution < 1.29 is 4.74 Å². The number of nitrogens with one attached hydrogen (secondary N) is 1. The summed E-state index contributed by atoms with van der Waals surface area (Å²) in [6, 6.07) is 8.38. The van der Waals surface area contributed by atoms with Gasteiger partial charge in [-0.15, -0.1) is 0 Å². The van der Waals surface area contributed by atoms with E-state index >= 15 is 0 Å². The Kier molecular flexibility index (Phi) is 4.47. The van der Waals surface area contributed by atoms with Gasteiger partial charge in [0.1, 0.15) is 0 Å². The van der Waals surface area contributed by atoms with Crippen LogP contribution in [0.1, 0.15) is 5.56 Å². The maximum Gasteiger partial charge on any atom is 0.0587 e. The van der Waals surface area contributed by atoms with Crippen LogP contribution in [0.4, 0.5) is 0 Å². The first-order valence-corrected chi connectivity index (χ1v) is 5.93. The van der Waals surface area contributed by atoms with E-state index in [0.717, 1.165) is 26.1 Å². The molecule has 0 unspecified atom stereocenters. The van der Waals surface area contributed by atoms with Crippen LogP contribution in [0.2, 0.25) is 0 Å². The zero-order valence-corrected chi connectivity index (χ0v) is 10.1. The number of fused-ring (bicyclic) bond motifs is 1. The molecule has 0 aliphatic rings. The fourth-order valence-corrected chi connectivity index (χ4v) is 1.90. The lowest BCUT2D eigenvalue weighted by molar-refractivity contribution is 0.199. The first kappa shape index (κ1) is 12.0. The summed E-state index contributed by atoms with van der Waals surface area (Å²) in [6.07, 6.45) is 4.87. The molecule has 0 bridgehead atoms. The second kappa shape index (κ2) is 6.33. The van der Waals surface area contributed by atoms with E-state index in [-0.39, 0.29) is 0 Å². The summed E-state index contributed by atoms with van der Waals surface area (Å²) in [5.41, 5.74) is 1.30. The SMILES string of the molecule is COCCNCCc1cncc2ccccc12. The molecule has 0 aliphatic carbocycles. The molecule has 0 saturated heterocycles. The molecule has 2 aromatic rings. The van der Waals surface area contributed by atoms with Crippen LogP contribution in [0.5, 0.6) is 0 Å². The van der Waals surface area contributed by atoms with Gasteiger partial charge in [0.2, 0.25) is 0 Å². The van der Waals surface area contributed by atoms with E-state index in [2.05, 4.69) is 28.5 Å². The van der Waals surface area contributed by atoms with E-state index in [0.29, 0.717) is 0 Å². The average molecular weight is 230 g/mol. The number of nitrogens with zero attached hydrogens (tertiary/aromatic N) is 1. The molecule has 1 heterocycles. The summed E-state index contributed by atoms with van der Waals surface area (Å²) in [5, 5.41) is 5.86. The van der Waals surface area contributed by atoms with Crippen LogP contribution in [0, 0.1) is 0 Å². The van der Waals surface area contributed by atoms with Gasteiger partial charge in [0, 0.05) is 31.4 Å². The minimum absolute atomic E-state index is 0.758. The first-order valence-electron chi connectivity index (χ1n) is 5.93. The lowest BCUT2D eigenvalue weighted by Crippen LogP contribution is -2.21. The standard InChI is InChI=1S/C14H18N2O/c1-17-9-8-15-7-6-13-11-16-10-12-4-2-3-5-14(12)13/h2-5,10-11,15H,6-9H2,1H3. The molecular formula is C14H18N2O. The molecule has 3 heteroatoms. The molecule has 0 saturated carbocycles. The molecule has 0 fully saturated rings. The van der Waals surface area contributed by atoms with E-state index in [1.807, 2.05) is 18.5 Å². The molecule has 0 atom stereocenters. The van der Waals surface area contributed by atoms with Crippen molar-refractivity contribution in [1.82, 2.24) is 10.3 Å². The van der Waals surface area contributed by atoms with Crippen LogP contribution in [0.15, 0.2) is 36.7 Å². The highest BCUT2D eigenvalue weighted by molar-refractivity contribution is 5.84. The second-order valence-electron chi connectivity index (χ2n) is 4.01. The first-order chi connectivity index (χ1) is 8.42. The van der Waals surface area contributed by atoms with Gasteiger partial charge in [-0.05, 0) is 23.9 Å². The number of hydrogen-bond acceptors (Lipinski definition) is 3. The zero-order valence-electron chi connectivity index (χ0n) is 10.1. The molecule has 0 amide bonds. The zero-order chi connectivity index (χ0) is 11.9. The van der Waals surface area contributed by atoms with Crippen molar-refractivity contribution in [2.75, 3.05) is 26.8 Å². The molecule has 0 spiro atoms. The number of pyridine rings is 1. The summed E-state index contributed by atoms with van der Waals surface area (Å²) in [5.74, 6) is 0. The van der Waals surface area contributed by atoms with Gasteiger partial charge in [0.05, 0.1) is 6.61 Å². The van der Waals surface area contributed by atoms with Crippen LogP contribution >= 0.6 is 0 Å². The third kappa shape index (κ3) is 3.25. The van der Waals surface area contributed by atoms with Crippen molar-refractivity contribution in [3.8, 4) is 0 Å². The number of ether oxygens (including phenoxy) is 1. The topological polar surface area (TPSA) is 34.1 Å². The van der Waals surface area contributed by atoms with Gasteiger partial charge in [-0.25, -0.2) is 0 Å². The number of benzene rings is 1. The molecule has 17 heavy (non-hydrogen) atoms. The van der Waals surface area contributed by atoms with Gasteiger partial charge in [0.25, 0.3) is 0 Å². The van der Waals surface area contributed by atoms with E-state index < -0.39 is 0 Å². The van der Waals surface area contributed by atoms with E-state index in [1.165, 1.54) is 16.3 Å². The Labute approximate surface area is 102 Å². The maximum absolute atomic E-state index is 4.99. The van der Waals surface area contributed by atoms with Gasteiger partial charge in [-0.2, -0.15) is 0 Å². The molecule has 1 aromatic carbocycles. The Morgan fingerprint density at radius 2 is 2.06 bits per heavy atom. The largest absolute Gasteiger partial charge is 0.383 e. The van der Waals surface area contributed by atoms with Gasteiger partial charge in [-0.1, -0.05) is 24.3 Å². The molecular weight excluding hydrogens is 212 g/mol. The molecule has 1 aromatic heterocycles. The Morgan fingerprint density at radius 1 is 1.18 bits per heavy atom. The fourth-order valence-electron chi connectivity index (χ4n) is 1.90. The summed E-state index contributed by atoms with van der Waals surface area (Å²) in [7, 11) is 1.72. The smallest absolute Gasteiger partial charge is 0.0587 e. The molecule has 3 nitrogen and oxygen atoms in total. The Balaban J connectivity index is 1.98. The van der Waals surface area contributed by atoms with Gasteiger partial charge < -0.3 is 10.1 Å². The van der Waals surface area contributed by atoms with E-state index in [9.17, 15) is 0 Å². The van der Waals surface area contributed by atoms with Crippen LogP contribution in [0.3, 0.4) is 0 Å². The van der Waals surface area contributed by atoms with Crippen molar-refractivity contribution in [3.05, 3.63) is 42.2 Å². The van der Waals surface area contributed by atoms with Crippen molar-refractivity contribution in [2.45, 2.75) is 6.42 Å². The quantitative estimate of drug-likeness (QED) is 0.771. The lowest BCUT2D eigenvalue weighted by atomic mass is 10.1. The van der Waals surface area contributed by atoms with Gasteiger partial charge in [-0.3, -0.25) is 4.98 Å². The molecule has 90 valence electrons. The van der Waals surface area contributed by atoms with Crippen LogP contribution in [-0.4, -0.2) is 31.8 Å². The van der Waals surface area contributed by atoms with Crippen molar-refractivity contribution in [1.29, 1.82) is 0 Å². The Morgan fingerprint density at radius 3 is 2.94 bits per heavy atom. The molecule has 1 N–H and O–H groups in total. The summed E-state index contributed by atoms with van der Waals surface area (Å²) < 4.78 is 4.99. The Hall–Kier alpha value is -1.45. The molecule has 0 radical (unpaired) electrons. The monoisotopic (exact) mass is 230 g/mol. The van der Waals surface area contributed by atoms with Crippen molar-refractivity contribution >= 4 is 10.8 Å². The lowest BCUT2D eigenvalue weighted by Gasteiger charge is -2.07. The minimum Gasteiger partial charge on any atom is -0.383 e. The van der Waals surface area contributed by atoms with Crippen LogP contribution in [0.25, 0.3) is 10.8 Å². The maximum atomic E-state index is 4.99. The average Bonchev–Trinajstić information content (AvgIpc) is 2.39. The fraction of sp³-hybridized carbons (Fsp3) is 0.357. The third-order valence-corrected chi connectivity index (χ3v) is 2.80. The normalized spacial score (nSPS) is 10.9. The highest BCUT2D eigenvalue weighted by atomic mass is 16.5. The highest BCUT2D eigenvalue weighted by Gasteiger charge is 2.00. The predicted molar refractivity (Wildman–Crippen MR) is 70.2 cm³/mol.